The molecule has 0 aromatic rings. The fourth-order valence-corrected chi connectivity index (χ4v) is 2.83. The molecule has 1 saturated carbocycles. The van der Waals surface area contributed by atoms with Crippen molar-refractivity contribution in [1.82, 2.24) is 5.32 Å². The molecule has 0 radical (unpaired) electrons. The van der Waals surface area contributed by atoms with E-state index in [1.807, 2.05) is 0 Å². The van der Waals surface area contributed by atoms with Gasteiger partial charge in [0.15, 0.2) is 0 Å². The van der Waals surface area contributed by atoms with Crippen molar-refractivity contribution >= 4 is 0 Å². The molecule has 2 heteroatoms. The number of nitrogens with one attached hydrogen (secondary N) is 1. The minimum absolute atomic E-state index is 0.392. The summed E-state index contributed by atoms with van der Waals surface area (Å²) in [6.45, 7) is 8.87. The van der Waals surface area contributed by atoms with Gasteiger partial charge in [0, 0.05) is 5.54 Å². The Morgan fingerprint density at radius 3 is 2.31 bits per heavy atom. The van der Waals surface area contributed by atoms with E-state index in [1.165, 1.54) is 38.5 Å². The fourth-order valence-electron chi connectivity index (χ4n) is 2.83. The van der Waals surface area contributed by atoms with Gasteiger partial charge in [-0.1, -0.05) is 33.1 Å². The Bertz CT molecular complexity index is 183. The maximum absolute atomic E-state index is 5.84. The van der Waals surface area contributed by atoms with Crippen LogP contribution < -0.4 is 11.1 Å². The van der Waals surface area contributed by atoms with Crippen molar-refractivity contribution in [1.29, 1.82) is 0 Å². The largest absolute Gasteiger partial charge is 0.330 e. The molecule has 0 amide bonds. The molecule has 0 saturated heterocycles. The van der Waals surface area contributed by atoms with Gasteiger partial charge in [0.25, 0.3) is 0 Å². The highest BCUT2D eigenvalue weighted by Gasteiger charge is 2.26. The van der Waals surface area contributed by atoms with Crippen LogP contribution in [0.1, 0.15) is 59.3 Å². The second-order valence-electron chi connectivity index (χ2n) is 6.23. The van der Waals surface area contributed by atoms with Crippen LogP contribution in [0.5, 0.6) is 0 Å². The molecule has 3 N–H and O–H groups in total. The molecule has 16 heavy (non-hydrogen) atoms. The fraction of sp³-hybridized carbons (Fsp3) is 1.00. The first-order chi connectivity index (χ1) is 7.56. The molecule has 0 bridgehead atoms. The third-order valence-corrected chi connectivity index (χ3v) is 3.91. The van der Waals surface area contributed by atoms with Crippen LogP contribution >= 0.6 is 0 Å². The number of hydrogen-bond acceptors (Lipinski definition) is 2. The van der Waals surface area contributed by atoms with Gasteiger partial charge in [-0.2, -0.15) is 0 Å². The van der Waals surface area contributed by atoms with Gasteiger partial charge in [-0.25, -0.2) is 0 Å². The third kappa shape index (κ3) is 4.84. The topological polar surface area (TPSA) is 38.0 Å². The smallest absolute Gasteiger partial charge is 0.0153 e. The molecule has 1 aliphatic rings. The molecule has 96 valence electrons. The Kier molecular flexibility index (Phi) is 5.77. The molecular weight excluding hydrogens is 196 g/mol. The molecule has 0 heterocycles. The van der Waals surface area contributed by atoms with Crippen LogP contribution in [-0.2, 0) is 0 Å². The third-order valence-electron chi connectivity index (χ3n) is 3.91. The highest BCUT2D eigenvalue weighted by atomic mass is 15.0. The summed E-state index contributed by atoms with van der Waals surface area (Å²) < 4.78 is 0. The van der Waals surface area contributed by atoms with Crippen molar-refractivity contribution in [2.45, 2.75) is 64.8 Å². The van der Waals surface area contributed by atoms with Crippen molar-refractivity contribution in [3.05, 3.63) is 0 Å². The first kappa shape index (κ1) is 14.0. The van der Waals surface area contributed by atoms with E-state index in [2.05, 4.69) is 26.1 Å². The van der Waals surface area contributed by atoms with E-state index in [1.54, 1.807) is 0 Å². The Labute approximate surface area is 101 Å². The van der Waals surface area contributed by atoms with Gasteiger partial charge in [0.2, 0.25) is 0 Å². The van der Waals surface area contributed by atoms with Crippen LogP contribution in [-0.4, -0.2) is 18.6 Å². The summed E-state index contributed by atoms with van der Waals surface area (Å²) in [6, 6.07) is 0. The molecule has 0 aliphatic heterocycles. The van der Waals surface area contributed by atoms with E-state index >= 15 is 0 Å². The maximum Gasteiger partial charge on any atom is 0.0153 e. The molecular formula is C14H30N2. The van der Waals surface area contributed by atoms with Crippen LogP contribution in [0.25, 0.3) is 0 Å². The Hall–Kier alpha value is -0.0800. The lowest BCUT2D eigenvalue weighted by Gasteiger charge is -2.36. The molecule has 1 unspecified atom stereocenters. The lowest BCUT2D eigenvalue weighted by Crippen LogP contribution is -2.47. The molecule has 1 atom stereocenters. The van der Waals surface area contributed by atoms with Gasteiger partial charge in [0.1, 0.15) is 0 Å². The normalized spacial score (nSPS) is 22.3. The van der Waals surface area contributed by atoms with Crippen LogP contribution in [0.15, 0.2) is 0 Å². The monoisotopic (exact) mass is 226 g/mol. The maximum atomic E-state index is 5.84. The van der Waals surface area contributed by atoms with Gasteiger partial charge in [-0.05, 0) is 51.1 Å². The van der Waals surface area contributed by atoms with Crippen molar-refractivity contribution in [3.63, 3.8) is 0 Å². The minimum atomic E-state index is 0.392. The van der Waals surface area contributed by atoms with Crippen LogP contribution in [0.3, 0.4) is 0 Å². The lowest BCUT2D eigenvalue weighted by atomic mass is 9.83. The molecule has 0 aromatic carbocycles. The van der Waals surface area contributed by atoms with E-state index in [9.17, 15) is 0 Å². The molecule has 0 spiro atoms. The summed E-state index contributed by atoms with van der Waals surface area (Å²) >= 11 is 0. The summed E-state index contributed by atoms with van der Waals surface area (Å²) in [5, 5.41) is 3.77. The first-order valence-corrected chi connectivity index (χ1v) is 7.01. The van der Waals surface area contributed by atoms with Crippen molar-refractivity contribution in [2.75, 3.05) is 13.1 Å². The van der Waals surface area contributed by atoms with Gasteiger partial charge in [0.05, 0.1) is 0 Å². The minimum Gasteiger partial charge on any atom is -0.330 e. The van der Waals surface area contributed by atoms with E-state index in [-0.39, 0.29) is 0 Å². The standard InChI is InChI=1S/C14H30N2/c1-12(2)9-13(10-15)11-16-14(3)7-5-4-6-8-14/h12-13,16H,4-11,15H2,1-3H3. The Balaban J connectivity index is 2.30. The van der Waals surface area contributed by atoms with Gasteiger partial charge >= 0.3 is 0 Å². The zero-order valence-corrected chi connectivity index (χ0v) is 11.4. The Morgan fingerprint density at radius 1 is 1.19 bits per heavy atom. The van der Waals surface area contributed by atoms with Crippen LogP contribution in [0, 0.1) is 11.8 Å². The van der Waals surface area contributed by atoms with E-state index in [0.717, 1.165) is 19.0 Å². The second-order valence-corrected chi connectivity index (χ2v) is 6.23. The molecule has 1 aliphatic carbocycles. The Morgan fingerprint density at radius 2 is 1.81 bits per heavy atom. The van der Waals surface area contributed by atoms with E-state index in [4.69, 9.17) is 5.73 Å². The summed E-state index contributed by atoms with van der Waals surface area (Å²) in [6.07, 6.45) is 8.13. The molecule has 1 rings (SSSR count). The first-order valence-electron chi connectivity index (χ1n) is 7.01. The zero-order valence-electron chi connectivity index (χ0n) is 11.4. The summed E-state index contributed by atoms with van der Waals surface area (Å²) in [5.41, 5.74) is 6.23. The van der Waals surface area contributed by atoms with Gasteiger partial charge < -0.3 is 11.1 Å². The van der Waals surface area contributed by atoms with Crippen LogP contribution in [0.2, 0.25) is 0 Å². The number of hydrogen-bond donors (Lipinski definition) is 2. The van der Waals surface area contributed by atoms with E-state index < -0.39 is 0 Å². The number of nitrogens with two attached hydrogens (primary N) is 1. The molecule has 2 nitrogen and oxygen atoms in total. The zero-order chi connectivity index (χ0) is 12.0. The van der Waals surface area contributed by atoms with Gasteiger partial charge in [-0.15, -0.1) is 0 Å². The predicted octanol–water partition coefficient (Wildman–Crippen LogP) is 2.92. The average Bonchev–Trinajstić information content (AvgIpc) is 2.25. The number of rotatable bonds is 6. The van der Waals surface area contributed by atoms with Gasteiger partial charge in [-0.3, -0.25) is 0 Å². The van der Waals surface area contributed by atoms with Crippen molar-refractivity contribution < 1.29 is 0 Å². The molecule has 1 fully saturated rings. The second kappa shape index (κ2) is 6.61. The highest BCUT2D eigenvalue weighted by Crippen LogP contribution is 2.27. The highest BCUT2D eigenvalue weighted by molar-refractivity contribution is 4.87. The summed E-state index contributed by atoms with van der Waals surface area (Å²) in [7, 11) is 0. The van der Waals surface area contributed by atoms with Crippen molar-refractivity contribution in [2.24, 2.45) is 17.6 Å². The summed E-state index contributed by atoms with van der Waals surface area (Å²) in [4.78, 5) is 0. The van der Waals surface area contributed by atoms with E-state index in [0.29, 0.717) is 11.5 Å². The lowest BCUT2D eigenvalue weighted by molar-refractivity contribution is 0.234. The predicted molar refractivity (Wildman–Crippen MR) is 71.5 cm³/mol. The van der Waals surface area contributed by atoms with Crippen LogP contribution in [0.4, 0.5) is 0 Å². The quantitative estimate of drug-likeness (QED) is 0.731. The average molecular weight is 226 g/mol. The van der Waals surface area contributed by atoms with Crippen molar-refractivity contribution in [3.8, 4) is 0 Å². The summed E-state index contributed by atoms with van der Waals surface area (Å²) in [5.74, 6) is 1.41. The molecule has 0 aromatic heterocycles. The SMILES string of the molecule is CC(C)CC(CN)CNC1(C)CCCCC1.